The summed E-state index contributed by atoms with van der Waals surface area (Å²) in [6.45, 7) is 0. The highest BCUT2D eigenvalue weighted by molar-refractivity contribution is 6.11. The van der Waals surface area contributed by atoms with Gasteiger partial charge in [0.15, 0.2) is 5.82 Å². The Balaban J connectivity index is 1.26. The van der Waals surface area contributed by atoms with Gasteiger partial charge in [0.2, 0.25) is 0 Å². The Morgan fingerprint density at radius 1 is 0.452 bits per heavy atom. The molecule has 196 valence electrons. The van der Waals surface area contributed by atoms with Crippen molar-refractivity contribution in [3.63, 3.8) is 0 Å². The van der Waals surface area contributed by atoms with Gasteiger partial charge in [-0.1, -0.05) is 84.9 Å². The molecule has 9 rings (SSSR count). The largest absolute Gasteiger partial charge is 0.456 e. The molecule has 0 aliphatic rings. The first-order valence-corrected chi connectivity index (χ1v) is 14.1. The van der Waals surface area contributed by atoms with Crippen molar-refractivity contribution < 1.29 is 4.42 Å². The summed E-state index contributed by atoms with van der Waals surface area (Å²) >= 11 is 0. The highest BCUT2D eigenvalue weighted by atomic mass is 16.3. The van der Waals surface area contributed by atoms with Gasteiger partial charge in [-0.3, -0.25) is 0 Å². The van der Waals surface area contributed by atoms with Gasteiger partial charge in [-0.15, -0.1) is 0 Å². The van der Waals surface area contributed by atoms with Crippen molar-refractivity contribution in [3.05, 3.63) is 140 Å². The lowest BCUT2D eigenvalue weighted by molar-refractivity contribution is 0.669. The molecule has 0 amide bonds. The minimum absolute atomic E-state index is 0.697. The van der Waals surface area contributed by atoms with E-state index in [0.717, 1.165) is 55.3 Å². The fourth-order valence-electron chi connectivity index (χ4n) is 6.27. The van der Waals surface area contributed by atoms with Crippen LogP contribution in [-0.4, -0.2) is 14.5 Å². The molecular formula is C38H23N3O. The lowest BCUT2D eigenvalue weighted by atomic mass is 10.0. The number of nitrogens with zero attached hydrogens (tertiary/aromatic N) is 3. The second-order valence-electron chi connectivity index (χ2n) is 10.6. The van der Waals surface area contributed by atoms with E-state index in [4.69, 9.17) is 14.4 Å². The van der Waals surface area contributed by atoms with E-state index in [0.29, 0.717) is 5.82 Å². The summed E-state index contributed by atoms with van der Waals surface area (Å²) < 4.78 is 8.64. The summed E-state index contributed by atoms with van der Waals surface area (Å²) in [6, 6.07) is 48.4. The van der Waals surface area contributed by atoms with Crippen LogP contribution in [-0.2, 0) is 0 Å². The summed E-state index contributed by atoms with van der Waals surface area (Å²) in [6.07, 6.45) is 0. The van der Waals surface area contributed by atoms with Gasteiger partial charge in [-0.05, 0) is 54.6 Å². The van der Waals surface area contributed by atoms with Gasteiger partial charge in [0.25, 0.3) is 0 Å². The van der Waals surface area contributed by atoms with Crippen molar-refractivity contribution >= 4 is 54.6 Å². The summed E-state index contributed by atoms with van der Waals surface area (Å²) in [5.74, 6) is 0.697. The van der Waals surface area contributed by atoms with Gasteiger partial charge in [-0.25, -0.2) is 9.97 Å². The lowest BCUT2D eigenvalue weighted by Gasteiger charge is -2.09. The molecule has 4 heteroatoms. The van der Waals surface area contributed by atoms with Crippen molar-refractivity contribution in [2.75, 3.05) is 0 Å². The summed E-state index contributed by atoms with van der Waals surface area (Å²) in [4.78, 5) is 10.1. The van der Waals surface area contributed by atoms with Crippen LogP contribution in [0.25, 0.3) is 83.0 Å². The molecule has 0 aliphatic heterocycles. The highest BCUT2D eigenvalue weighted by Gasteiger charge is 2.16. The molecule has 0 N–H and O–H groups in total. The van der Waals surface area contributed by atoms with E-state index in [-0.39, 0.29) is 0 Å². The molecule has 0 fully saturated rings. The summed E-state index contributed by atoms with van der Waals surface area (Å²) in [5, 5.41) is 5.64. The van der Waals surface area contributed by atoms with Gasteiger partial charge < -0.3 is 8.98 Å². The fraction of sp³-hybridized carbons (Fsp3) is 0. The lowest BCUT2D eigenvalue weighted by Crippen LogP contribution is -1.95. The van der Waals surface area contributed by atoms with Crippen LogP contribution in [0.1, 0.15) is 0 Å². The molecule has 9 aromatic rings. The van der Waals surface area contributed by atoms with Gasteiger partial charge >= 0.3 is 0 Å². The number of fused-ring (bicyclic) bond motifs is 7. The van der Waals surface area contributed by atoms with Gasteiger partial charge in [0, 0.05) is 43.7 Å². The normalized spacial score (nSPS) is 11.8. The first-order valence-electron chi connectivity index (χ1n) is 14.1. The number of hydrogen-bond acceptors (Lipinski definition) is 3. The third-order valence-electron chi connectivity index (χ3n) is 8.20. The molecule has 0 spiro atoms. The van der Waals surface area contributed by atoms with Crippen LogP contribution < -0.4 is 0 Å². The molecule has 6 aromatic carbocycles. The maximum Gasteiger partial charge on any atom is 0.160 e. The van der Waals surface area contributed by atoms with Crippen molar-refractivity contribution in [1.82, 2.24) is 14.5 Å². The number of para-hydroxylation sites is 3. The van der Waals surface area contributed by atoms with Crippen LogP contribution in [0.2, 0.25) is 0 Å². The zero-order chi connectivity index (χ0) is 27.6. The second kappa shape index (κ2) is 8.88. The van der Waals surface area contributed by atoms with E-state index in [1.807, 2.05) is 36.4 Å². The van der Waals surface area contributed by atoms with Crippen LogP contribution in [0.5, 0.6) is 0 Å². The zero-order valence-electron chi connectivity index (χ0n) is 22.5. The van der Waals surface area contributed by atoms with Gasteiger partial charge in [0.05, 0.1) is 22.2 Å². The Kier molecular flexibility index (Phi) is 4.87. The summed E-state index contributed by atoms with van der Waals surface area (Å²) in [7, 11) is 0. The molecule has 42 heavy (non-hydrogen) atoms. The highest BCUT2D eigenvalue weighted by Crippen LogP contribution is 2.37. The number of hydrogen-bond donors (Lipinski definition) is 0. The van der Waals surface area contributed by atoms with Gasteiger partial charge in [-0.2, -0.15) is 0 Å². The van der Waals surface area contributed by atoms with E-state index in [2.05, 4.69) is 108 Å². The summed E-state index contributed by atoms with van der Waals surface area (Å²) in [5.41, 5.74) is 9.05. The molecule has 0 atom stereocenters. The molecule has 4 nitrogen and oxygen atoms in total. The monoisotopic (exact) mass is 537 g/mol. The van der Waals surface area contributed by atoms with Crippen LogP contribution in [0, 0.1) is 0 Å². The first-order chi connectivity index (χ1) is 20.8. The van der Waals surface area contributed by atoms with Crippen molar-refractivity contribution in [2.45, 2.75) is 0 Å². The van der Waals surface area contributed by atoms with Gasteiger partial charge in [0.1, 0.15) is 11.2 Å². The molecule has 0 saturated heterocycles. The smallest absolute Gasteiger partial charge is 0.160 e. The Labute approximate surface area is 241 Å². The van der Waals surface area contributed by atoms with Crippen LogP contribution >= 0.6 is 0 Å². The Hall–Kier alpha value is -5.74. The zero-order valence-corrected chi connectivity index (χ0v) is 22.5. The average molecular weight is 538 g/mol. The third-order valence-corrected chi connectivity index (χ3v) is 8.20. The molecule has 0 aliphatic carbocycles. The molecule has 3 aromatic heterocycles. The van der Waals surface area contributed by atoms with E-state index in [1.54, 1.807) is 0 Å². The maximum absolute atomic E-state index is 6.30. The number of benzene rings is 6. The van der Waals surface area contributed by atoms with E-state index in [9.17, 15) is 0 Å². The first kappa shape index (κ1) is 23.0. The predicted molar refractivity (Wildman–Crippen MR) is 172 cm³/mol. The minimum atomic E-state index is 0.697. The van der Waals surface area contributed by atoms with Crippen molar-refractivity contribution in [3.8, 4) is 28.3 Å². The molecule has 0 unspecified atom stereocenters. The second-order valence-corrected chi connectivity index (χ2v) is 10.6. The van der Waals surface area contributed by atoms with Crippen molar-refractivity contribution in [1.29, 1.82) is 0 Å². The van der Waals surface area contributed by atoms with Crippen LogP contribution in [0.3, 0.4) is 0 Å². The van der Waals surface area contributed by atoms with Crippen LogP contribution in [0.4, 0.5) is 0 Å². The third kappa shape index (κ3) is 3.42. The van der Waals surface area contributed by atoms with Crippen molar-refractivity contribution in [2.24, 2.45) is 0 Å². The van der Waals surface area contributed by atoms with Crippen LogP contribution in [0.15, 0.2) is 144 Å². The Bertz CT molecular complexity index is 2420. The maximum atomic E-state index is 6.30. The predicted octanol–water partition coefficient (Wildman–Crippen LogP) is 9.96. The SMILES string of the molecule is c1ccc(-c2nc(-c3ccc4oc5ccc(-n6c7ccccc7c7ccccc76)cc5c4c3)nc3ccccc23)cc1. The van der Waals surface area contributed by atoms with E-state index >= 15 is 0 Å². The molecule has 3 heterocycles. The average Bonchev–Trinajstić information content (AvgIpc) is 3.59. The fourth-order valence-corrected chi connectivity index (χ4v) is 6.27. The number of furan rings is 1. The number of aromatic nitrogens is 3. The molecule has 0 radical (unpaired) electrons. The van der Waals surface area contributed by atoms with E-state index in [1.165, 1.54) is 21.8 Å². The molecule has 0 bridgehead atoms. The Morgan fingerprint density at radius 3 is 1.83 bits per heavy atom. The number of rotatable bonds is 3. The van der Waals surface area contributed by atoms with E-state index < -0.39 is 0 Å². The standard InChI is InChI=1S/C38H23N3O/c1-2-10-24(11-3-1)37-29-14-4-7-15-32(29)39-38(40-37)25-18-20-35-30(22-25)31-23-26(19-21-36(31)42-35)41-33-16-8-5-12-27(33)28-13-6-9-17-34(28)41/h1-23H. The minimum Gasteiger partial charge on any atom is -0.456 e. The quantitative estimate of drug-likeness (QED) is 0.225. The molecule has 0 saturated carbocycles. The topological polar surface area (TPSA) is 43.9 Å². The molecular weight excluding hydrogens is 514 g/mol. The Morgan fingerprint density at radius 2 is 1.07 bits per heavy atom.